The van der Waals surface area contributed by atoms with Crippen molar-refractivity contribution in [2.75, 3.05) is 5.32 Å². The Kier molecular flexibility index (Phi) is 4.53. The fraction of sp³-hybridized carbons (Fsp3) is 0.0667. The van der Waals surface area contributed by atoms with Crippen molar-refractivity contribution >= 4 is 69.1 Å². The molecule has 0 spiro atoms. The molecule has 1 aromatic heterocycles. The summed E-state index contributed by atoms with van der Waals surface area (Å²) in [6, 6.07) is 9.34. The maximum atomic E-state index is 11.6. The summed E-state index contributed by atoms with van der Waals surface area (Å²) in [4.78, 5) is 15.9. The van der Waals surface area contributed by atoms with Gasteiger partial charge < -0.3 is 14.8 Å². The van der Waals surface area contributed by atoms with Crippen LogP contribution >= 0.6 is 46.4 Å². The largest absolute Gasteiger partial charge is 0.507 e. The van der Waals surface area contributed by atoms with Gasteiger partial charge >= 0.3 is 0 Å². The number of benzene rings is 2. The summed E-state index contributed by atoms with van der Waals surface area (Å²) in [7, 11) is 0. The molecule has 124 valence electrons. The smallest absolute Gasteiger partial charge is 0.276 e. The number of oxazole rings is 1. The Bertz CT molecular complexity index is 934. The standard InChI is InChI=1S/C15H8Cl4N2O3/c16-7-1-4-12-10(5-7)21-13(24-12)9-3-2-8(6-11(9)22)20-14(23)15(17,18)19/h1-6,22H,(H,20,23). The number of aromatic hydroxyl groups is 1. The first kappa shape index (κ1) is 17.2. The zero-order valence-electron chi connectivity index (χ0n) is 11.7. The van der Waals surface area contributed by atoms with E-state index in [1.807, 2.05) is 0 Å². The summed E-state index contributed by atoms with van der Waals surface area (Å²) in [6.07, 6.45) is 0. The van der Waals surface area contributed by atoms with E-state index in [0.29, 0.717) is 21.7 Å². The third-order valence-electron chi connectivity index (χ3n) is 3.09. The molecule has 3 rings (SSSR count). The molecule has 2 N–H and O–H groups in total. The third-order valence-corrected chi connectivity index (χ3v) is 3.84. The van der Waals surface area contributed by atoms with Crippen LogP contribution < -0.4 is 5.32 Å². The van der Waals surface area contributed by atoms with E-state index in [-0.39, 0.29) is 17.3 Å². The number of nitrogens with one attached hydrogen (secondary N) is 1. The highest BCUT2D eigenvalue weighted by molar-refractivity contribution is 6.76. The highest BCUT2D eigenvalue weighted by Crippen LogP contribution is 2.34. The average molecular weight is 406 g/mol. The van der Waals surface area contributed by atoms with Crippen LogP contribution in [0.1, 0.15) is 0 Å². The summed E-state index contributed by atoms with van der Waals surface area (Å²) >= 11 is 22.3. The number of aromatic nitrogens is 1. The summed E-state index contributed by atoms with van der Waals surface area (Å²) in [5.74, 6) is -0.782. The van der Waals surface area contributed by atoms with E-state index in [4.69, 9.17) is 50.8 Å². The summed E-state index contributed by atoms with van der Waals surface area (Å²) in [6.45, 7) is 0. The van der Waals surface area contributed by atoms with Crippen molar-refractivity contribution in [3.63, 3.8) is 0 Å². The van der Waals surface area contributed by atoms with Gasteiger partial charge in [-0.25, -0.2) is 4.98 Å². The highest BCUT2D eigenvalue weighted by Gasteiger charge is 2.30. The minimum Gasteiger partial charge on any atom is -0.507 e. The van der Waals surface area contributed by atoms with Gasteiger partial charge in [-0.15, -0.1) is 0 Å². The fourth-order valence-electron chi connectivity index (χ4n) is 2.01. The molecule has 0 atom stereocenters. The molecule has 0 aliphatic carbocycles. The van der Waals surface area contributed by atoms with Gasteiger partial charge in [0, 0.05) is 16.8 Å². The maximum Gasteiger partial charge on any atom is 0.276 e. The van der Waals surface area contributed by atoms with Gasteiger partial charge in [-0.1, -0.05) is 46.4 Å². The molecule has 0 unspecified atom stereocenters. The number of phenolic OH excluding ortho intramolecular Hbond substituents is 1. The van der Waals surface area contributed by atoms with Crippen LogP contribution in [0.25, 0.3) is 22.6 Å². The maximum absolute atomic E-state index is 11.6. The van der Waals surface area contributed by atoms with Crippen LogP contribution in [0.4, 0.5) is 5.69 Å². The van der Waals surface area contributed by atoms with Gasteiger partial charge in [0.05, 0.1) is 5.56 Å². The van der Waals surface area contributed by atoms with Crippen LogP contribution in [0.15, 0.2) is 40.8 Å². The number of nitrogens with zero attached hydrogens (tertiary/aromatic N) is 1. The lowest BCUT2D eigenvalue weighted by molar-refractivity contribution is -0.115. The third kappa shape index (κ3) is 3.54. The minimum atomic E-state index is -2.10. The number of hydrogen-bond acceptors (Lipinski definition) is 4. The number of anilines is 1. The van der Waals surface area contributed by atoms with Crippen molar-refractivity contribution in [2.24, 2.45) is 0 Å². The lowest BCUT2D eigenvalue weighted by Gasteiger charge is -2.12. The van der Waals surface area contributed by atoms with Crippen LogP contribution in [0.3, 0.4) is 0 Å². The van der Waals surface area contributed by atoms with Crippen LogP contribution in [0.2, 0.25) is 5.02 Å². The molecule has 5 nitrogen and oxygen atoms in total. The number of carbonyl (C=O) groups is 1. The first-order valence-corrected chi connectivity index (χ1v) is 8.03. The molecule has 0 aliphatic rings. The quantitative estimate of drug-likeness (QED) is 0.577. The number of halogens is 4. The molecule has 0 fully saturated rings. The summed E-state index contributed by atoms with van der Waals surface area (Å²) < 4.78 is 3.48. The van der Waals surface area contributed by atoms with Crippen molar-refractivity contribution in [1.29, 1.82) is 0 Å². The predicted molar refractivity (Wildman–Crippen MR) is 95.0 cm³/mol. The number of amides is 1. The number of alkyl halides is 3. The Morgan fingerprint density at radius 3 is 2.58 bits per heavy atom. The van der Waals surface area contributed by atoms with Crippen molar-refractivity contribution in [1.82, 2.24) is 4.98 Å². The lowest BCUT2D eigenvalue weighted by Crippen LogP contribution is -2.26. The first-order chi connectivity index (χ1) is 11.2. The molecule has 0 bridgehead atoms. The van der Waals surface area contributed by atoms with Gasteiger partial charge in [0.1, 0.15) is 11.3 Å². The Balaban J connectivity index is 1.93. The molecular weight excluding hydrogens is 398 g/mol. The van der Waals surface area contributed by atoms with Crippen molar-refractivity contribution in [3.05, 3.63) is 41.4 Å². The Labute approximate surface area is 156 Å². The van der Waals surface area contributed by atoms with E-state index in [2.05, 4.69) is 10.3 Å². The van der Waals surface area contributed by atoms with Crippen LogP contribution in [0.5, 0.6) is 5.75 Å². The SMILES string of the molecule is O=C(Nc1ccc(-c2nc3cc(Cl)ccc3o2)c(O)c1)C(Cl)(Cl)Cl. The van der Waals surface area contributed by atoms with E-state index in [9.17, 15) is 9.90 Å². The second-order valence-corrected chi connectivity index (χ2v) is 7.53. The zero-order valence-corrected chi connectivity index (χ0v) is 14.7. The van der Waals surface area contributed by atoms with E-state index < -0.39 is 9.70 Å². The normalized spacial score (nSPS) is 11.7. The topological polar surface area (TPSA) is 75.4 Å². The molecule has 9 heteroatoms. The van der Waals surface area contributed by atoms with Gasteiger partial charge in [-0.3, -0.25) is 4.79 Å². The van der Waals surface area contributed by atoms with Crippen LogP contribution in [0, 0.1) is 0 Å². The second-order valence-electron chi connectivity index (χ2n) is 4.81. The van der Waals surface area contributed by atoms with Crippen molar-refractivity contribution < 1.29 is 14.3 Å². The van der Waals surface area contributed by atoms with E-state index in [0.717, 1.165) is 0 Å². The Morgan fingerprint density at radius 1 is 1.17 bits per heavy atom. The molecule has 0 aliphatic heterocycles. The van der Waals surface area contributed by atoms with Crippen LogP contribution in [-0.2, 0) is 4.79 Å². The number of phenols is 1. The van der Waals surface area contributed by atoms with E-state index >= 15 is 0 Å². The van der Waals surface area contributed by atoms with E-state index in [1.54, 1.807) is 18.2 Å². The Morgan fingerprint density at radius 2 is 1.92 bits per heavy atom. The number of hydrogen-bond donors (Lipinski definition) is 2. The number of rotatable bonds is 2. The molecule has 0 saturated carbocycles. The Hall–Kier alpha value is -1.66. The first-order valence-electron chi connectivity index (χ1n) is 6.52. The molecule has 2 aromatic carbocycles. The predicted octanol–water partition coefficient (Wildman–Crippen LogP) is 5.16. The lowest BCUT2D eigenvalue weighted by atomic mass is 10.2. The second kappa shape index (κ2) is 6.33. The van der Waals surface area contributed by atoms with Crippen LogP contribution in [-0.4, -0.2) is 19.8 Å². The molecule has 0 saturated heterocycles. The van der Waals surface area contributed by atoms with Crippen molar-refractivity contribution in [3.8, 4) is 17.2 Å². The molecule has 24 heavy (non-hydrogen) atoms. The van der Waals surface area contributed by atoms with Gasteiger partial charge in [0.25, 0.3) is 9.70 Å². The summed E-state index contributed by atoms with van der Waals surface area (Å²) in [5, 5.41) is 13.1. The molecule has 0 radical (unpaired) electrons. The fourth-order valence-corrected chi connectivity index (χ4v) is 2.32. The molecular formula is C15H8Cl4N2O3. The van der Waals surface area contributed by atoms with Gasteiger partial charge in [0.15, 0.2) is 5.58 Å². The highest BCUT2D eigenvalue weighted by atomic mass is 35.6. The monoisotopic (exact) mass is 404 g/mol. The molecule has 1 heterocycles. The zero-order chi connectivity index (χ0) is 17.5. The van der Waals surface area contributed by atoms with Gasteiger partial charge in [0.2, 0.25) is 5.89 Å². The van der Waals surface area contributed by atoms with E-state index in [1.165, 1.54) is 18.2 Å². The minimum absolute atomic E-state index is 0.158. The molecule has 3 aromatic rings. The van der Waals surface area contributed by atoms with Crippen molar-refractivity contribution in [2.45, 2.75) is 3.79 Å². The number of carbonyl (C=O) groups excluding carboxylic acids is 1. The van der Waals surface area contributed by atoms with Gasteiger partial charge in [-0.2, -0.15) is 0 Å². The average Bonchev–Trinajstić information content (AvgIpc) is 2.88. The summed E-state index contributed by atoms with van der Waals surface area (Å²) in [5.41, 5.74) is 1.69. The molecule has 1 amide bonds. The number of fused-ring (bicyclic) bond motifs is 1. The van der Waals surface area contributed by atoms with Gasteiger partial charge in [-0.05, 0) is 30.3 Å².